The van der Waals surface area contributed by atoms with E-state index in [0.29, 0.717) is 36.0 Å². The van der Waals surface area contributed by atoms with Crippen molar-refractivity contribution in [3.63, 3.8) is 0 Å². The van der Waals surface area contributed by atoms with E-state index in [0.717, 1.165) is 11.9 Å². The van der Waals surface area contributed by atoms with E-state index in [9.17, 15) is 8.78 Å². The first-order valence-corrected chi connectivity index (χ1v) is 9.39. The van der Waals surface area contributed by atoms with Crippen LogP contribution in [0.15, 0.2) is 24.4 Å². The van der Waals surface area contributed by atoms with Crippen LogP contribution >= 0.6 is 0 Å². The molecule has 2 aromatic heterocycles. The predicted octanol–water partition coefficient (Wildman–Crippen LogP) is 3.67. The van der Waals surface area contributed by atoms with Crippen LogP contribution in [0.3, 0.4) is 0 Å². The number of hydrogen-bond acceptors (Lipinski definition) is 6. The Morgan fingerprint density at radius 1 is 1.29 bits per heavy atom. The Morgan fingerprint density at radius 2 is 2.07 bits per heavy atom. The maximum atomic E-state index is 13.8. The molecular formula is C20H26F2N6. The summed E-state index contributed by atoms with van der Waals surface area (Å²) in [7, 11) is 0. The zero-order chi connectivity index (χ0) is 20.4. The lowest BCUT2D eigenvalue weighted by Crippen LogP contribution is -2.29. The van der Waals surface area contributed by atoms with E-state index in [1.54, 1.807) is 11.1 Å². The Hall–Kier alpha value is -2.64. The Morgan fingerprint density at radius 3 is 2.64 bits per heavy atom. The van der Waals surface area contributed by atoms with E-state index in [4.69, 9.17) is 5.41 Å². The van der Waals surface area contributed by atoms with E-state index in [2.05, 4.69) is 20.3 Å². The summed E-state index contributed by atoms with van der Waals surface area (Å²) >= 11 is 0. The number of nitrogens with zero attached hydrogens (tertiary/aromatic N) is 4. The van der Waals surface area contributed by atoms with Gasteiger partial charge in [-0.05, 0) is 12.1 Å². The van der Waals surface area contributed by atoms with Crippen LogP contribution in [0, 0.1) is 5.41 Å². The molecule has 3 rings (SSSR count). The fourth-order valence-electron chi connectivity index (χ4n) is 3.07. The third-order valence-electron chi connectivity index (χ3n) is 4.61. The average Bonchev–Trinajstić information content (AvgIpc) is 3.01. The molecule has 3 heterocycles. The molecule has 1 fully saturated rings. The molecule has 150 valence electrons. The van der Waals surface area contributed by atoms with Crippen LogP contribution in [-0.2, 0) is 11.8 Å². The molecule has 2 N–H and O–H groups in total. The molecule has 8 heteroatoms. The Balaban J connectivity index is 1.91. The van der Waals surface area contributed by atoms with Crippen LogP contribution in [0.4, 0.5) is 20.4 Å². The van der Waals surface area contributed by atoms with Gasteiger partial charge in [-0.2, -0.15) is 0 Å². The minimum Gasteiger partial charge on any atom is -0.369 e. The fraction of sp³-hybridized carbons (Fsp3) is 0.500. The standard InChI is InChI=1S/C20H26F2N6/c1-19(2,3)18-26-16(25-10-7-14-6-4-5-9-24-14)15(12-23)17(27-18)28-11-8-20(21,22)13-28/h4-6,9,12,23H,7-8,10-11,13H2,1-3H3,(H,25,26,27). The summed E-state index contributed by atoms with van der Waals surface area (Å²) in [6.07, 6.45) is 3.36. The minimum atomic E-state index is -2.74. The molecule has 0 atom stereocenters. The average molecular weight is 388 g/mol. The van der Waals surface area contributed by atoms with Gasteiger partial charge in [0.1, 0.15) is 17.5 Å². The summed E-state index contributed by atoms with van der Waals surface area (Å²) in [5.74, 6) is -1.29. The van der Waals surface area contributed by atoms with E-state index in [-0.39, 0.29) is 24.9 Å². The smallest absolute Gasteiger partial charge is 0.266 e. The second kappa shape index (κ2) is 7.77. The van der Waals surface area contributed by atoms with Gasteiger partial charge in [-0.25, -0.2) is 18.7 Å². The highest BCUT2D eigenvalue weighted by Gasteiger charge is 2.40. The van der Waals surface area contributed by atoms with Gasteiger partial charge in [0.25, 0.3) is 5.92 Å². The summed E-state index contributed by atoms with van der Waals surface area (Å²) in [4.78, 5) is 15.0. The highest BCUT2D eigenvalue weighted by atomic mass is 19.3. The number of halogens is 2. The van der Waals surface area contributed by atoms with Crippen LogP contribution in [0.5, 0.6) is 0 Å². The Labute approximate surface area is 163 Å². The maximum Gasteiger partial charge on any atom is 0.266 e. The topological polar surface area (TPSA) is 77.8 Å². The summed E-state index contributed by atoms with van der Waals surface area (Å²) in [6, 6.07) is 5.74. The summed E-state index contributed by atoms with van der Waals surface area (Å²) in [5, 5.41) is 11.1. The number of anilines is 2. The van der Waals surface area contributed by atoms with Crippen LogP contribution in [0.2, 0.25) is 0 Å². The highest BCUT2D eigenvalue weighted by molar-refractivity contribution is 5.91. The van der Waals surface area contributed by atoms with Crippen molar-refractivity contribution < 1.29 is 8.78 Å². The lowest BCUT2D eigenvalue weighted by atomic mass is 9.95. The second-order valence-electron chi connectivity index (χ2n) is 8.05. The molecule has 0 spiro atoms. The van der Waals surface area contributed by atoms with Gasteiger partial charge in [-0.1, -0.05) is 26.8 Å². The van der Waals surface area contributed by atoms with E-state index < -0.39 is 5.92 Å². The fourth-order valence-corrected chi connectivity index (χ4v) is 3.07. The maximum absolute atomic E-state index is 13.8. The number of rotatable bonds is 6. The van der Waals surface area contributed by atoms with Gasteiger partial charge in [0.15, 0.2) is 0 Å². The van der Waals surface area contributed by atoms with Crippen molar-refractivity contribution in [2.45, 2.75) is 45.0 Å². The van der Waals surface area contributed by atoms with E-state index in [1.807, 2.05) is 39.0 Å². The van der Waals surface area contributed by atoms with Gasteiger partial charge in [-0.15, -0.1) is 0 Å². The SMILES string of the molecule is CC(C)(C)c1nc(NCCc2ccccn2)c(C=N)c(N2CCC(F)(F)C2)n1. The first-order chi connectivity index (χ1) is 13.2. The lowest BCUT2D eigenvalue weighted by Gasteiger charge is -2.25. The molecule has 6 nitrogen and oxygen atoms in total. The Bertz CT molecular complexity index is 833. The minimum absolute atomic E-state index is 0.207. The molecule has 28 heavy (non-hydrogen) atoms. The van der Waals surface area contributed by atoms with Gasteiger partial charge in [-0.3, -0.25) is 4.98 Å². The van der Waals surface area contributed by atoms with Gasteiger partial charge < -0.3 is 15.6 Å². The summed E-state index contributed by atoms with van der Waals surface area (Å²) in [5.41, 5.74) is 1.03. The number of nitrogens with one attached hydrogen (secondary N) is 2. The normalized spacial score (nSPS) is 16.2. The summed E-state index contributed by atoms with van der Waals surface area (Å²) < 4.78 is 27.6. The van der Waals surface area contributed by atoms with Crippen molar-refractivity contribution in [3.8, 4) is 0 Å². The van der Waals surface area contributed by atoms with Crippen LogP contribution in [-0.4, -0.2) is 46.7 Å². The second-order valence-corrected chi connectivity index (χ2v) is 8.05. The Kier molecular flexibility index (Phi) is 5.58. The van der Waals surface area contributed by atoms with Gasteiger partial charge >= 0.3 is 0 Å². The van der Waals surface area contributed by atoms with Crippen molar-refractivity contribution in [2.75, 3.05) is 29.9 Å². The molecule has 0 saturated carbocycles. The number of hydrogen-bond donors (Lipinski definition) is 2. The summed E-state index contributed by atoms with van der Waals surface area (Å²) in [6.45, 7) is 6.32. The molecule has 0 amide bonds. The predicted molar refractivity (Wildman–Crippen MR) is 107 cm³/mol. The highest BCUT2D eigenvalue weighted by Crippen LogP contribution is 2.34. The van der Waals surface area contributed by atoms with E-state index in [1.165, 1.54) is 0 Å². The van der Waals surface area contributed by atoms with Crippen molar-refractivity contribution in [1.82, 2.24) is 15.0 Å². The molecule has 1 saturated heterocycles. The third kappa shape index (κ3) is 4.61. The zero-order valence-corrected chi connectivity index (χ0v) is 16.5. The first kappa shape index (κ1) is 20.1. The zero-order valence-electron chi connectivity index (χ0n) is 16.5. The quantitative estimate of drug-likeness (QED) is 0.739. The first-order valence-electron chi connectivity index (χ1n) is 9.39. The van der Waals surface area contributed by atoms with Crippen LogP contribution in [0.25, 0.3) is 0 Å². The molecule has 0 radical (unpaired) electrons. The molecular weight excluding hydrogens is 362 g/mol. The molecule has 0 bridgehead atoms. The van der Waals surface area contributed by atoms with Crippen molar-refractivity contribution in [3.05, 3.63) is 41.5 Å². The van der Waals surface area contributed by atoms with Crippen molar-refractivity contribution in [2.24, 2.45) is 0 Å². The number of aromatic nitrogens is 3. The molecule has 1 aliphatic rings. The van der Waals surface area contributed by atoms with Crippen molar-refractivity contribution >= 4 is 17.9 Å². The lowest BCUT2D eigenvalue weighted by molar-refractivity contribution is 0.0256. The van der Waals surface area contributed by atoms with Crippen LogP contribution < -0.4 is 10.2 Å². The molecule has 0 unspecified atom stereocenters. The molecule has 0 aromatic carbocycles. The molecule has 1 aliphatic heterocycles. The van der Waals surface area contributed by atoms with Crippen molar-refractivity contribution in [1.29, 1.82) is 5.41 Å². The monoisotopic (exact) mass is 388 g/mol. The molecule has 0 aliphatic carbocycles. The largest absolute Gasteiger partial charge is 0.369 e. The van der Waals surface area contributed by atoms with Gasteiger partial charge in [0.2, 0.25) is 0 Å². The number of pyridine rings is 1. The van der Waals surface area contributed by atoms with Gasteiger partial charge in [0, 0.05) is 49.5 Å². The molecule has 2 aromatic rings. The van der Waals surface area contributed by atoms with E-state index >= 15 is 0 Å². The van der Waals surface area contributed by atoms with Gasteiger partial charge in [0.05, 0.1) is 12.1 Å². The van der Waals surface area contributed by atoms with Crippen LogP contribution in [0.1, 0.15) is 44.3 Å². The number of alkyl halides is 2. The third-order valence-corrected chi connectivity index (χ3v) is 4.61.